The first kappa shape index (κ1) is 34.2. The molecule has 2 aromatic heterocycles. The van der Waals surface area contributed by atoms with Gasteiger partial charge in [0.2, 0.25) is 5.95 Å². The Labute approximate surface area is 311 Å². The summed E-state index contributed by atoms with van der Waals surface area (Å²) in [7, 11) is 0. The molecule has 2 aliphatic rings. The number of anilines is 5. The van der Waals surface area contributed by atoms with Crippen LogP contribution in [0.25, 0.3) is 0 Å². The predicted molar refractivity (Wildman–Crippen MR) is 200 cm³/mol. The van der Waals surface area contributed by atoms with E-state index < -0.39 is 29.5 Å². The number of carbonyl (C=O) groups is 6. The molecule has 55 heavy (non-hydrogen) atoms. The highest BCUT2D eigenvalue weighted by molar-refractivity contribution is 6.35. The molecular formula is C40H27N9O6. The molecule has 0 bridgehead atoms. The van der Waals surface area contributed by atoms with Crippen LogP contribution < -0.4 is 26.6 Å². The number of ketones is 1. The van der Waals surface area contributed by atoms with E-state index in [0.717, 1.165) is 20.9 Å². The molecule has 4 aromatic carbocycles. The van der Waals surface area contributed by atoms with Gasteiger partial charge in [0.25, 0.3) is 29.5 Å². The molecular weight excluding hydrogens is 702 g/mol. The maximum atomic E-state index is 13.4. The summed E-state index contributed by atoms with van der Waals surface area (Å²) in [5.74, 6) is -2.66. The van der Waals surface area contributed by atoms with Crippen molar-refractivity contribution in [3.63, 3.8) is 0 Å². The lowest BCUT2D eigenvalue weighted by Crippen LogP contribution is -2.29. The van der Waals surface area contributed by atoms with Crippen LogP contribution in [0.5, 0.6) is 0 Å². The number of nitrogen functional groups attached to an aromatic ring is 2. The second-order valence-electron chi connectivity index (χ2n) is 12.7. The maximum absolute atomic E-state index is 13.4. The van der Waals surface area contributed by atoms with Crippen LogP contribution in [0, 0.1) is 0 Å². The number of rotatable bonds is 9. The van der Waals surface area contributed by atoms with E-state index in [1.54, 1.807) is 48.5 Å². The highest BCUT2D eigenvalue weighted by Crippen LogP contribution is 2.32. The molecule has 15 heteroatoms. The van der Waals surface area contributed by atoms with Gasteiger partial charge in [0, 0.05) is 11.1 Å². The molecule has 0 spiro atoms. The van der Waals surface area contributed by atoms with Gasteiger partial charge in [0.05, 0.1) is 76.2 Å². The molecule has 5 amide bonds. The summed E-state index contributed by atoms with van der Waals surface area (Å²) in [5.41, 5.74) is 15.4. The summed E-state index contributed by atoms with van der Waals surface area (Å²) in [6, 6.07) is 22.5. The zero-order valence-electron chi connectivity index (χ0n) is 28.6. The van der Waals surface area contributed by atoms with Gasteiger partial charge in [-0.05, 0) is 72.1 Å². The molecule has 2 aliphatic heterocycles. The minimum absolute atomic E-state index is 0.0374. The first-order chi connectivity index (χ1) is 26.5. The molecule has 0 aliphatic carbocycles. The first-order valence-electron chi connectivity index (χ1n) is 16.8. The third-order valence-electron chi connectivity index (χ3n) is 9.10. The Balaban J connectivity index is 0.918. The van der Waals surface area contributed by atoms with Crippen molar-refractivity contribution in [3.8, 4) is 0 Å². The van der Waals surface area contributed by atoms with Crippen molar-refractivity contribution >= 4 is 64.0 Å². The van der Waals surface area contributed by atoms with Crippen LogP contribution in [0.2, 0.25) is 0 Å². The summed E-state index contributed by atoms with van der Waals surface area (Å²) in [6.07, 6.45) is 5.89. The molecule has 0 atom stereocenters. The van der Waals surface area contributed by atoms with Gasteiger partial charge in [-0.1, -0.05) is 30.3 Å². The highest BCUT2D eigenvalue weighted by Gasteiger charge is 2.38. The minimum Gasteiger partial charge on any atom is -0.396 e. The lowest BCUT2D eigenvalue weighted by Gasteiger charge is -2.15. The van der Waals surface area contributed by atoms with Gasteiger partial charge >= 0.3 is 0 Å². The zero-order chi connectivity index (χ0) is 38.4. The largest absolute Gasteiger partial charge is 0.396 e. The van der Waals surface area contributed by atoms with Crippen molar-refractivity contribution in [2.45, 2.75) is 12.8 Å². The predicted octanol–water partition coefficient (Wildman–Crippen LogP) is 4.30. The Morgan fingerprint density at radius 3 is 1.49 bits per heavy atom. The van der Waals surface area contributed by atoms with E-state index in [0.29, 0.717) is 29.2 Å². The number of Topliss-reactive ketones (excluding diaryl/α,β-unsaturated/α-hetero) is 1. The average molecular weight is 730 g/mol. The monoisotopic (exact) mass is 729 g/mol. The van der Waals surface area contributed by atoms with Crippen LogP contribution in [0.3, 0.4) is 0 Å². The molecule has 8 rings (SSSR count). The Kier molecular flexibility index (Phi) is 8.42. The quantitative estimate of drug-likeness (QED) is 0.140. The summed E-state index contributed by atoms with van der Waals surface area (Å²) < 4.78 is 0. The summed E-state index contributed by atoms with van der Waals surface area (Å²) in [5, 5.41) is 2.53. The van der Waals surface area contributed by atoms with Crippen molar-refractivity contribution in [1.29, 1.82) is 0 Å². The number of nitrogens with one attached hydrogen (secondary N) is 1. The van der Waals surface area contributed by atoms with E-state index in [9.17, 15) is 28.8 Å². The van der Waals surface area contributed by atoms with Crippen LogP contribution in [0.15, 0.2) is 110 Å². The van der Waals surface area contributed by atoms with E-state index >= 15 is 0 Å². The zero-order valence-corrected chi connectivity index (χ0v) is 28.6. The van der Waals surface area contributed by atoms with Crippen LogP contribution in [0.4, 0.5) is 28.7 Å². The molecule has 0 saturated heterocycles. The lowest BCUT2D eigenvalue weighted by molar-refractivity contribution is 0.0910. The van der Waals surface area contributed by atoms with Crippen molar-refractivity contribution in [1.82, 2.24) is 19.9 Å². The number of nitrogens with zero attached hydrogens (tertiary/aromatic N) is 6. The molecule has 0 saturated carbocycles. The van der Waals surface area contributed by atoms with E-state index in [-0.39, 0.29) is 57.4 Å². The Hall–Kier alpha value is -7.94. The van der Waals surface area contributed by atoms with Gasteiger partial charge in [-0.15, -0.1) is 0 Å². The van der Waals surface area contributed by atoms with Crippen LogP contribution >= 0.6 is 0 Å². The van der Waals surface area contributed by atoms with Gasteiger partial charge < -0.3 is 11.5 Å². The summed E-state index contributed by atoms with van der Waals surface area (Å²) in [6.45, 7) is 0. The van der Waals surface area contributed by atoms with Gasteiger partial charge in [-0.25, -0.2) is 29.7 Å². The third-order valence-corrected chi connectivity index (χ3v) is 9.10. The summed E-state index contributed by atoms with van der Waals surface area (Å²) in [4.78, 5) is 97.2. The molecule has 4 heterocycles. The van der Waals surface area contributed by atoms with Crippen LogP contribution in [-0.4, -0.2) is 55.3 Å². The normalized spacial score (nSPS) is 13.2. The standard InChI is InChI=1S/C40H27N9O6/c41-25-17-43-34(44-18-25)16-33(50)23-5-11-29-31(14-23)38(54)48(36(29)52)27-7-1-21(2-8-27)13-22-3-9-28(10-4-22)49-37(53)30-12-6-24(15-32(30)39(49)55)35(51)47-40-45-19-26(42)20-46-40/h1-12,14-15,17-20H,13,16,41-42H2,(H,45,46,47,51). The molecule has 268 valence electrons. The van der Waals surface area contributed by atoms with Gasteiger partial charge in [0.1, 0.15) is 5.82 Å². The number of benzene rings is 4. The van der Waals surface area contributed by atoms with Crippen LogP contribution in [-0.2, 0) is 12.8 Å². The number of nitrogens with two attached hydrogens (primary N) is 2. The highest BCUT2D eigenvalue weighted by atomic mass is 16.2. The maximum Gasteiger partial charge on any atom is 0.266 e. The number of hydrogen-bond acceptors (Lipinski definition) is 12. The molecule has 0 radical (unpaired) electrons. The van der Waals surface area contributed by atoms with Crippen molar-refractivity contribution in [2.75, 3.05) is 26.6 Å². The molecule has 6 aromatic rings. The second kappa shape index (κ2) is 13.6. The Bertz CT molecular complexity index is 2410. The fourth-order valence-corrected chi connectivity index (χ4v) is 6.30. The van der Waals surface area contributed by atoms with Crippen molar-refractivity contribution in [2.24, 2.45) is 0 Å². The molecule has 0 unspecified atom stereocenters. The first-order valence-corrected chi connectivity index (χ1v) is 16.8. The van der Waals surface area contributed by atoms with E-state index in [1.807, 2.05) is 0 Å². The van der Waals surface area contributed by atoms with E-state index in [2.05, 4.69) is 25.3 Å². The number of hydrogen-bond donors (Lipinski definition) is 3. The Morgan fingerprint density at radius 1 is 0.545 bits per heavy atom. The number of amides is 5. The van der Waals surface area contributed by atoms with Gasteiger partial charge in [-0.3, -0.25) is 34.1 Å². The van der Waals surface area contributed by atoms with Crippen LogP contribution in [0.1, 0.15) is 79.1 Å². The fourth-order valence-electron chi connectivity index (χ4n) is 6.30. The minimum atomic E-state index is -0.564. The topological polar surface area (TPSA) is 225 Å². The SMILES string of the molecule is Nc1cnc(CC(=O)c2ccc3c(c2)C(=O)N(c2ccc(Cc4ccc(N5C(=O)c6ccc(C(=O)Nc7ncc(N)cn7)cc6C5=O)cc4)cc2)C3=O)nc1. The average Bonchev–Trinajstić information content (AvgIpc) is 3.60. The number of aromatic nitrogens is 4. The second-order valence-corrected chi connectivity index (χ2v) is 12.7. The lowest BCUT2D eigenvalue weighted by atomic mass is 10.0. The number of fused-ring (bicyclic) bond motifs is 2. The van der Waals surface area contributed by atoms with Gasteiger partial charge in [0.15, 0.2) is 5.78 Å². The Morgan fingerprint density at radius 2 is 0.982 bits per heavy atom. The summed E-state index contributed by atoms with van der Waals surface area (Å²) >= 11 is 0. The van der Waals surface area contributed by atoms with E-state index in [4.69, 9.17) is 11.5 Å². The van der Waals surface area contributed by atoms with E-state index in [1.165, 1.54) is 61.2 Å². The molecule has 15 nitrogen and oxygen atoms in total. The van der Waals surface area contributed by atoms with Crippen molar-refractivity contribution in [3.05, 3.63) is 160 Å². The number of carbonyl (C=O) groups excluding carboxylic acids is 6. The molecule has 5 N–H and O–H groups in total. The van der Waals surface area contributed by atoms with Crippen molar-refractivity contribution < 1.29 is 28.8 Å². The van der Waals surface area contributed by atoms with Gasteiger partial charge in [-0.2, -0.15) is 0 Å². The number of imide groups is 2. The third kappa shape index (κ3) is 6.42. The smallest absolute Gasteiger partial charge is 0.266 e. The molecule has 0 fully saturated rings. The fraction of sp³-hybridized carbons (Fsp3) is 0.0500.